The molecule has 0 saturated heterocycles. The summed E-state index contributed by atoms with van der Waals surface area (Å²) >= 11 is 0. The lowest BCUT2D eigenvalue weighted by Gasteiger charge is -2.08. The van der Waals surface area contributed by atoms with Crippen molar-refractivity contribution in [3.05, 3.63) is 54.6 Å². The normalized spacial score (nSPS) is 10.1. The van der Waals surface area contributed by atoms with E-state index < -0.39 is 5.97 Å². The van der Waals surface area contributed by atoms with Crippen molar-refractivity contribution in [3.8, 4) is 16.9 Å². The van der Waals surface area contributed by atoms with Crippen LogP contribution in [0.25, 0.3) is 11.1 Å². The molecule has 0 bridgehead atoms. The first kappa shape index (κ1) is 16.5. The molecule has 0 aliphatic heterocycles. The number of carboxylic acid groups (broad SMARTS) is 1. The molecule has 5 heteroatoms. The van der Waals surface area contributed by atoms with Crippen LogP contribution in [-0.4, -0.2) is 30.1 Å². The Kier molecular flexibility index (Phi) is 6.17. The number of hydrogen-bond donors (Lipinski definition) is 2. The minimum atomic E-state index is -0.977. The van der Waals surface area contributed by atoms with E-state index in [9.17, 15) is 9.59 Å². The quantitative estimate of drug-likeness (QED) is 0.735. The van der Waals surface area contributed by atoms with E-state index >= 15 is 0 Å². The molecular weight excluding hydrogens is 294 g/mol. The Bertz CT molecular complexity index is 638. The third-order valence-electron chi connectivity index (χ3n) is 3.22. The smallest absolute Gasteiger partial charge is 0.303 e. The summed E-state index contributed by atoms with van der Waals surface area (Å²) in [6.07, 6.45) is -0.172. The van der Waals surface area contributed by atoms with Gasteiger partial charge in [0, 0.05) is 6.42 Å². The van der Waals surface area contributed by atoms with Crippen LogP contribution >= 0.6 is 0 Å². The number of carboxylic acids is 1. The lowest BCUT2D eigenvalue weighted by molar-refractivity contribution is -0.138. The number of carbonyl (C=O) groups is 2. The van der Waals surface area contributed by atoms with Crippen molar-refractivity contribution in [2.75, 3.05) is 13.2 Å². The molecule has 0 saturated carbocycles. The summed E-state index contributed by atoms with van der Waals surface area (Å²) in [6, 6.07) is 17.8. The molecule has 2 rings (SSSR count). The molecule has 0 aliphatic carbocycles. The van der Waals surface area contributed by atoms with Crippen LogP contribution in [0.1, 0.15) is 12.8 Å². The van der Waals surface area contributed by atoms with Crippen LogP contribution in [0.15, 0.2) is 54.6 Å². The van der Waals surface area contributed by atoms with Gasteiger partial charge in [0.05, 0.1) is 13.0 Å². The largest absolute Gasteiger partial charge is 0.492 e. The molecule has 0 spiro atoms. The molecule has 1 amide bonds. The van der Waals surface area contributed by atoms with Gasteiger partial charge in [0.25, 0.3) is 0 Å². The number of hydrogen-bond acceptors (Lipinski definition) is 3. The highest BCUT2D eigenvalue weighted by atomic mass is 16.5. The van der Waals surface area contributed by atoms with Crippen molar-refractivity contribution in [1.29, 1.82) is 0 Å². The summed E-state index contributed by atoms with van der Waals surface area (Å²) in [5.74, 6) is -0.533. The Morgan fingerprint density at radius 2 is 1.57 bits per heavy atom. The lowest BCUT2D eigenvalue weighted by atomic mass is 10.1. The molecule has 0 heterocycles. The molecule has 23 heavy (non-hydrogen) atoms. The minimum Gasteiger partial charge on any atom is -0.492 e. The second kappa shape index (κ2) is 8.58. The number of nitrogens with one attached hydrogen (secondary N) is 1. The van der Waals surface area contributed by atoms with Gasteiger partial charge in [-0.15, -0.1) is 0 Å². The number of benzene rings is 2. The fraction of sp³-hybridized carbons (Fsp3) is 0.222. The van der Waals surface area contributed by atoms with Crippen LogP contribution < -0.4 is 10.1 Å². The molecule has 0 aliphatic rings. The third-order valence-corrected chi connectivity index (χ3v) is 3.22. The van der Waals surface area contributed by atoms with Crippen LogP contribution in [-0.2, 0) is 9.59 Å². The summed E-state index contributed by atoms with van der Waals surface area (Å²) < 4.78 is 5.54. The maximum absolute atomic E-state index is 11.3. The molecule has 0 radical (unpaired) electrons. The van der Waals surface area contributed by atoms with E-state index in [2.05, 4.69) is 5.32 Å². The van der Waals surface area contributed by atoms with Gasteiger partial charge in [-0.3, -0.25) is 9.59 Å². The summed E-state index contributed by atoms with van der Waals surface area (Å²) in [7, 11) is 0. The van der Waals surface area contributed by atoms with Gasteiger partial charge in [-0.1, -0.05) is 42.5 Å². The van der Waals surface area contributed by atoms with Gasteiger partial charge in [-0.05, 0) is 23.3 Å². The van der Waals surface area contributed by atoms with Gasteiger partial charge in [-0.2, -0.15) is 0 Å². The fourth-order valence-corrected chi connectivity index (χ4v) is 2.04. The number of ether oxygens (including phenoxy) is 1. The highest BCUT2D eigenvalue weighted by Gasteiger charge is 2.04. The molecule has 0 atom stereocenters. The first-order valence-corrected chi connectivity index (χ1v) is 7.42. The predicted molar refractivity (Wildman–Crippen MR) is 87.3 cm³/mol. The number of carbonyl (C=O) groups excluding carboxylic acids is 1. The Morgan fingerprint density at radius 3 is 2.22 bits per heavy atom. The van der Waals surface area contributed by atoms with Crippen molar-refractivity contribution in [2.24, 2.45) is 0 Å². The zero-order chi connectivity index (χ0) is 16.5. The van der Waals surface area contributed by atoms with E-state index in [1.807, 2.05) is 54.6 Å². The van der Waals surface area contributed by atoms with Crippen LogP contribution in [0.2, 0.25) is 0 Å². The van der Waals surface area contributed by atoms with Crippen molar-refractivity contribution < 1.29 is 19.4 Å². The van der Waals surface area contributed by atoms with Gasteiger partial charge in [0.2, 0.25) is 5.91 Å². The topological polar surface area (TPSA) is 75.6 Å². The number of amides is 1. The van der Waals surface area contributed by atoms with E-state index in [1.165, 1.54) is 0 Å². The molecule has 2 aromatic rings. The first-order valence-electron chi connectivity index (χ1n) is 7.42. The van der Waals surface area contributed by atoms with Crippen molar-refractivity contribution in [1.82, 2.24) is 5.32 Å². The number of rotatable bonds is 8. The van der Waals surface area contributed by atoms with Gasteiger partial charge < -0.3 is 15.2 Å². The predicted octanol–water partition coefficient (Wildman–Crippen LogP) is 2.71. The molecule has 120 valence electrons. The SMILES string of the molecule is O=C(O)CCC(=O)NCCOc1ccc(-c2ccccc2)cc1. The summed E-state index contributed by atoms with van der Waals surface area (Å²) in [5.41, 5.74) is 2.25. The molecule has 2 aromatic carbocycles. The average molecular weight is 313 g/mol. The van der Waals surface area contributed by atoms with E-state index in [1.54, 1.807) is 0 Å². The van der Waals surface area contributed by atoms with E-state index in [0.29, 0.717) is 13.2 Å². The molecule has 0 unspecified atom stereocenters. The molecule has 0 fully saturated rings. The second-order valence-corrected chi connectivity index (χ2v) is 4.98. The third kappa shape index (κ3) is 5.82. The van der Waals surface area contributed by atoms with Gasteiger partial charge in [0.1, 0.15) is 12.4 Å². The average Bonchev–Trinajstić information content (AvgIpc) is 2.58. The van der Waals surface area contributed by atoms with Crippen LogP contribution in [0, 0.1) is 0 Å². The Balaban J connectivity index is 1.72. The zero-order valence-corrected chi connectivity index (χ0v) is 12.7. The summed E-state index contributed by atoms with van der Waals surface area (Å²) in [4.78, 5) is 21.7. The van der Waals surface area contributed by atoms with E-state index in [-0.39, 0.29) is 18.7 Å². The Labute approximate surface area is 134 Å². The molecule has 0 aromatic heterocycles. The van der Waals surface area contributed by atoms with Crippen molar-refractivity contribution in [3.63, 3.8) is 0 Å². The lowest BCUT2D eigenvalue weighted by Crippen LogP contribution is -2.28. The Morgan fingerprint density at radius 1 is 0.913 bits per heavy atom. The Hall–Kier alpha value is -2.82. The van der Waals surface area contributed by atoms with Crippen LogP contribution in [0.3, 0.4) is 0 Å². The summed E-state index contributed by atoms with van der Waals surface area (Å²) in [5, 5.41) is 11.1. The molecular formula is C18H19NO4. The maximum Gasteiger partial charge on any atom is 0.303 e. The van der Waals surface area contributed by atoms with Crippen LogP contribution in [0.4, 0.5) is 0 Å². The molecule has 5 nitrogen and oxygen atoms in total. The zero-order valence-electron chi connectivity index (χ0n) is 12.7. The van der Waals surface area contributed by atoms with E-state index in [0.717, 1.165) is 16.9 Å². The van der Waals surface area contributed by atoms with Gasteiger partial charge >= 0.3 is 5.97 Å². The second-order valence-electron chi connectivity index (χ2n) is 4.98. The summed E-state index contributed by atoms with van der Waals surface area (Å²) in [6.45, 7) is 0.683. The monoisotopic (exact) mass is 313 g/mol. The molecule has 2 N–H and O–H groups in total. The van der Waals surface area contributed by atoms with Crippen LogP contribution in [0.5, 0.6) is 5.75 Å². The highest BCUT2D eigenvalue weighted by Crippen LogP contribution is 2.21. The van der Waals surface area contributed by atoms with Crippen molar-refractivity contribution >= 4 is 11.9 Å². The first-order chi connectivity index (χ1) is 11.1. The maximum atomic E-state index is 11.3. The van der Waals surface area contributed by atoms with Crippen molar-refractivity contribution in [2.45, 2.75) is 12.8 Å². The van der Waals surface area contributed by atoms with E-state index in [4.69, 9.17) is 9.84 Å². The van der Waals surface area contributed by atoms with Gasteiger partial charge in [0.15, 0.2) is 0 Å². The fourth-order valence-electron chi connectivity index (χ4n) is 2.04. The highest BCUT2D eigenvalue weighted by molar-refractivity contribution is 5.80. The standard InChI is InChI=1S/C18H19NO4/c20-17(10-11-18(21)22)19-12-13-23-16-8-6-15(7-9-16)14-4-2-1-3-5-14/h1-9H,10-13H2,(H,19,20)(H,21,22). The minimum absolute atomic E-state index is 0.0128. The van der Waals surface area contributed by atoms with Gasteiger partial charge in [-0.25, -0.2) is 0 Å². The number of aliphatic carboxylic acids is 1.